The van der Waals surface area contributed by atoms with Gasteiger partial charge in [0, 0.05) is 17.4 Å². The van der Waals surface area contributed by atoms with Gasteiger partial charge in [0.2, 0.25) is 12.5 Å². The average molecular weight is 512 g/mol. The summed E-state index contributed by atoms with van der Waals surface area (Å²) in [4.78, 5) is 26.3. The molecule has 0 amide bonds. The van der Waals surface area contributed by atoms with Crippen molar-refractivity contribution in [2.45, 2.75) is 30.9 Å². The van der Waals surface area contributed by atoms with Gasteiger partial charge in [0.05, 0.1) is 33.9 Å². The van der Waals surface area contributed by atoms with Gasteiger partial charge in [-0.3, -0.25) is 9.59 Å². The molecule has 10 heteroatoms. The molecule has 2 aromatic carbocycles. The summed E-state index contributed by atoms with van der Waals surface area (Å²) in [7, 11) is 4.64. The number of carbonyl (C=O) groups excluding carboxylic acids is 2. The molecule has 3 heterocycles. The van der Waals surface area contributed by atoms with Gasteiger partial charge in [-0.2, -0.15) is 0 Å². The van der Waals surface area contributed by atoms with E-state index in [4.69, 9.17) is 33.2 Å². The molecule has 2 aromatic rings. The van der Waals surface area contributed by atoms with Crippen LogP contribution in [-0.4, -0.2) is 59.3 Å². The second-order valence-corrected chi connectivity index (χ2v) is 9.60. The number of fused-ring (bicyclic) bond motifs is 3. The Morgan fingerprint density at radius 1 is 0.946 bits per heavy atom. The number of hydrogen-bond acceptors (Lipinski definition) is 10. The Hall–Kier alpha value is -3.66. The fourth-order valence-corrected chi connectivity index (χ4v) is 6.04. The Bertz CT molecular complexity index is 1210. The van der Waals surface area contributed by atoms with E-state index < -0.39 is 17.9 Å². The van der Waals surface area contributed by atoms with Crippen LogP contribution in [0, 0.1) is 11.8 Å². The summed E-state index contributed by atoms with van der Waals surface area (Å²) >= 11 is 0. The van der Waals surface area contributed by atoms with Crippen LogP contribution in [0.3, 0.4) is 0 Å². The Labute approximate surface area is 214 Å². The molecule has 2 saturated heterocycles. The maximum Gasteiger partial charge on any atom is 0.323 e. The average Bonchev–Trinajstić information content (AvgIpc) is 3.68. The van der Waals surface area contributed by atoms with Gasteiger partial charge in [-0.25, -0.2) is 0 Å². The first kappa shape index (κ1) is 23.7. The molecule has 5 atom stereocenters. The fraction of sp³-hybridized carbons (Fsp3) is 0.481. The van der Waals surface area contributed by atoms with Gasteiger partial charge in [-0.15, -0.1) is 0 Å². The SMILES string of the molecule is COc1cc([C@@H]2c3cc4c(cc3[C@H](OC(=O)[C@@H]3CCCN3)[C@H]3COC(=O)[C@H]23)OCO4)cc(OC)c1OC. The van der Waals surface area contributed by atoms with Crippen LogP contribution in [0.25, 0.3) is 0 Å². The summed E-state index contributed by atoms with van der Waals surface area (Å²) in [6.45, 7) is 1.02. The van der Waals surface area contributed by atoms with Gasteiger partial charge in [0.15, 0.2) is 23.0 Å². The maximum atomic E-state index is 13.2. The Morgan fingerprint density at radius 2 is 1.65 bits per heavy atom. The number of benzene rings is 2. The number of hydrogen-bond donors (Lipinski definition) is 1. The van der Waals surface area contributed by atoms with Crippen molar-refractivity contribution in [3.63, 3.8) is 0 Å². The van der Waals surface area contributed by atoms with Gasteiger partial charge in [0.1, 0.15) is 12.1 Å². The summed E-state index contributed by atoms with van der Waals surface area (Å²) in [6, 6.07) is 7.07. The molecule has 1 aliphatic carbocycles. The molecule has 0 aromatic heterocycles. The summed E-state index contributed by atoms with van der Waals surface area (Å²) in [5.41, 5.74) is 2.36. The van der Waals surface area contributed by atoms with Crippen LogP contribution in [0.1, 0.15) is 41.6 Å². The summed E-state index contributed by atoms with van der Waals surface area (Å²) in [6.07, 6.45) is 0.961. The third-order valence-electron chi connectivity index (χ3n) is 7.75. The highest BCUT2D eigenvalue weighted by Gasteiger charge is 2.54. The Balaban J connectivity index is 1.51. The molecule has 1 N–H and O–H groups in total. The molecule has 0 saturated carbocycles. The monoisotopic (exact) mass is 511 g/mol. The summed E-state index contributed by atoms with van der Waals surface area (Å²) in [5, 5.41) is 3.19. The third-order valence-corrected chi connectivity index (χ3v) is 7.75. The van der Waals surface area contributed by atoms with E-state index in [9.17, 15) is 9.59 Å². The van der Waals surface area contributed by atoms with Gasteiger partial charge in [-0.05, 0) is 54.8 Å². The summed E-state index contributed by atoms with van der Waals surface area (Å²) < 4.78 is 39.8. The number of carbonyl (C=O) groups is 2. The highest BCUT2D eigenvalue weighted by molar-refractivity contribution is 5.80. The molecular weight excluding hydrogens is 482 g/mol. The molecule has 0 unspecified atom stereocenters. The van der Waals surface area contributed by atoms with Crippen LogP contribution in [0.15, 0.2) is 24.3 Å². The third kappa shape index (κ3) is 3.81. The molecule has 37 heavy (non-hydrogen) atoms. The van der Waals surface area contributed by atoms with Crippen LogP contribution < -0.4 is 29.0 Å². The van der Waals surface area contributed by atoms with Crippen molar-refractivity contribution in [3.05, 3.63) is 41.0 Å². The predicted molar refractivity (Wildman–Crippen MR) is 128 cm³/mol. The molecule has 196 valence electrons. The molecule has 4 aliphatic rings. The molecule has 10 nitrogen and oxygen atoms in total. The molecule has 6 rings (SSSR count). The maximum absolute atomic E-state index is 13.2. The lowest BCUT2D eigenvalue weighted by molar-refractivity contribution is -0.156. The van der Waals surface area contributed by atoms with E-state index in [0.29, 0.717) is 28.7 Å². The van der Waals surface area contributed by atoms with E-state index in [0.717, 1.165) is 36.1 Å². The largest absolute Gasteiger partial charge is 0.493 e. The zero-order chi connectivity index (χ0) is 25.7. The second kappa shape index (κ2) is 9.33. The molecule has 3 aliphatic heterocycles. The van der Waals surface area contributed by atoms with Crippen molar-refractivity contribution in [1.29, 1.82) is 0 Å². The van der Waals surface area contributed by atoms with Crippen molar-refractivity contribution in [3.8, 4) is 28.7 Å². The van der Waals surface area contributed by atoms with Gasteiger partial charge in [0.25, 0.3) is 0 Å². The number of nitrogens with one attached hydrogen (secondary N) is 1. The first-order chi connectivity index (χ1) is 18.0. The lowest BCUT2D eigenvalue weighted by Crippen LogP contribution is -2.40. The smallest absolute Gasteiger partial charge is 0.323 e. The van der Waals surface area contributed by atoms with Gasteiger partial charge in [-0.1, -0.05) is 0 Å². The van der Waals surface area contributed by atoms with E-state index in [-0.39, 0.29) is 37.3 Å². The summed E-state index contributed by atoms with van der Waals surface area (Å²) in [5.74, 6) is 0.484. The second-order valence-electron chi connectivity index (χ2n) is 9.60. The van der Waals surface area contributed by atoms with Gasteiger partial charge < -0.3 is 38.5 Å². The lowest BCUT2D eigenvalue weighted by Gasteiger charge is -2.39. The highest BCUT2D eigenvalue weighted by atomic mass is 16.7. The molecule has 0 bridgehead atoms. The van der Waals surface area contributed by atoms with Crippen LogP contribution in [0.2, 0.25) is 0 Å². The quantitative estimate of drug-likeness (QED) is 0.581. The topological polar surface area (TPSA) is 111 Å². The number of ether oxygens (including phenoxy) is 7. The fourth-order valence-electron chi connectivity index (χ4n) is 6.04. The van der Waals surface area contributed by atoms with Crippen LogP contribution >= 0.6 is 0 Å². The van der Waals surface area contributed by atoms with E-state index in [1.54, 1.807) is 21.3 Å². The normalized spacial score (nSPS) is 27.2. The number of rotatable bonds is 6. The zero-order valence-corrected chi connectivity index (χ0v) is 20.9. The predicted octanol–water partition coefficient (Wildman–Crippen LogP) is 2.71. The first-order valence-corrected chi connectivity index (χ1v) is 12.4. The molecule has 0 radical (unpaired) electrons. The van der Waals surface area contributed by atoms with Crippen molar-refractivity contribution in [2.24, 2.45) is 11.8 Å². The van der Waals surface area contributed by atoms with E-state index >= 15 is 0 Å². The molecule has 0 spiro atoms. The molecule has 2 fully saturated rings. The van der Waals surface area contributed by atoms with E-state index in [1.165, 1.54) is 0 Å². The number of cyclic esters (lactones) is 1. The van der Waals surface area contributed by atoms with Crippen molar-refractivity contribution in [1.82, 2.24) is 5.32 Å². The number of esters is 2. The minimum Gasteiger partial charge on any atom is -0.493 e. The lowest BCUT2D eigenvalue weighted by atomic mass is 9.66. The van der Waals surface area contributed by atoms with Crippen molar-refractivity contribution >= 4 is 11.9 Å². The van der Waals surface area contributed by atoms with Crippen molar-refractivity contribution < 1.29 is 42.7 Å². The first-order valence-electron chi connectivity index (χ1n) is 12.4. The molecular formula is C27H29NO9. The number of methoxy groups -OCH3 is 3. The Morgan fingerprint density at radius 3 is 2.27 bits per heavy atom. The minimum atomic E-state index is -0.672. The zero-order valence-electron chi connectivity index (χ0n) is 20.9. The van der Waals surface area contributed by atoms with Crippen molar-refractivity contribution in [2.75, 3.05) is 41.3 Å². The van der Waals surface area contributed by atoms with E-state index in [1.807, 2.05) is 24.3 Å². The van der Waals surface area contributed by atoms with Crippen LogP contribution in [0.5, 0.6) is 28.7 Å². The minimum absolute atomic E-state index is 0.0957. The van der Waals surface area contributed by atoms with Crippen LogP contribution in [0.4, 0.5) is 0 Å². The Kier molecular flexibility index (Phi) is 5.98. The van der Waals surface area contributed by atoms with E-state index in [2.05, 4.69) is 5.32 Å². The standard InChI is InChI=1S/C27H29NO9/c1-31-20-7-13(8-21(32-2)25(20)33-3)22-14-9-18-19(36-12-35-18)10-15(14)24(16-11-34-27(30)23(16)22)37-26(29)17-5-4-6-28-17/h7-10,16-17,22-24,28H,4-6,11-12H2,1-3H3/t16-,17-,22+,23-,24-/m0/s1. The van der Waals surface area contributed by atoms with Gasteiger partial charge >= 0.3 is 11.9 Å². The highest BCUT2D eigenvalue weighted by Crippen LogP contribution is 2.56. The van der Waals surface area contributed by atoms with Crippen LogP contribution in [-0.2, 0) is 19.1 Å².